The van der Waals surface area contributed by atoms with Crippen LogP contribution in [-0.4, -0.2) is 51.2 Å². The van der Waals surface area contributed by atoms with Crippen molar-refractivity contribution in [2.45, 2.75) is 77.9 Å². The minimum absolute atomic E-state index is 0. The van der Waals surface area contributed by atoms with Crippen molar-refractivity contribution in [1.82, 2.24) is 20.2 Å². The number of likely N-dealkylation sites (tertiary alicyclic amines) is 1. The first-order valence-electron chi connectivity index (χ1n) is 13.6. The van der Waals surface area contributed by atoms with Crippen LogP contribution in [0.5, 0.6) is 0 Å². The first-order chi connectivity index (χ1) is 18.4. The van der Waals surface area contributed by atoms with Crippen molar-refractivity contribution < 1.29 is 9.59 Å². The number of amides is 1. The second-order valence-corrected chi connectivity index (χ2v) is 10.7. The van der Waals surface area contributed by atoms with Crippen LogP contribution in [0.4, 0.5) is 5.82 Å². The number of ketones is 1. The minimum Gasteiger partial charge on any atom is -0.383 e. The molecule has 4 aromatic rings. The maximum Gasteiger partial charge on any atom is 0.234 e. The number of H-pyrrole nitrogens is 1. The highest BCUT2D eigenvalue weighted by molar-refractivity contribution is 5.92. The number of pyridine rings is 1. The highest BCUT2D eigenvalue weighted by Crippen LogP contribution is 2.24. The summed E-state index contributed by atoms with van der Waals surface area (Å²) in [6, 6.07) is 16.2. The summed E-state index contributed by atoms with van der Waals surface area (Å²) >= 11 is 0. The Morgan fingerprint density at radius 1 is 1.10 bits per heavy atom. The first-order valence-corrected chi connectivity index (χ1v) is 13.6. The number of hydrogen-bond donors (Lipinski definition) is 3. The van der Waals surface area contributed by atoms with Gasteiger partial charge in [-0.2, -0.15) is 0 Å². The molecule has 206 valence electrons. The van der Waals surface area contributed by atoms with Gasteiger partial charge in [0.15, 0.2) is 5.78 Å². The van der Waals surface area contributed by atoms with Gasteiger partial charge in [0.2, 0.25) is 5.91 Å². The standard InChI is InChI=1S/C31H37N5O2.CH4/c1-20-6-5-7-21(2)36(20)19-30(38)35-28(17-24-18-34-27-9-4-3-8-25(24)27)29(37)13-11-22-10-12-26-23(16-22)14-15-33-31(26)32;/h3-4,8-10,12,14-16,18,20-21,28,34H,5-7,11,13,17,19H2,1-2H3,(H2,32,33)(H,35,38);1H4/t20-,21+,28-;/m0./s1. The number of aromatic amines is 1. The van der Waals surface area contributed by atoms with Crippen molar-refractivity contribution in [3.05, 3.63) is 72.1 Å². The second-order valence-electron chi connectivity index (χ2n) is 10.7. The second kappa shape index (κ2) is 12.4. The summed E-state index contributed by atoms with van der Waals surface area (Å²) in [5.74, 6) is 0.458. The van der Waals surface area contributed by atoms with Gasteiger partial charge in [-0.15, -0.1) is 0 Å². The average Bonchev–Trinajstić information content (AvgIpc) is 3.32. The highest BCUT2D eigenvalue weighted by Gasteiger charge is 2.28. The van der Waals surface area contributed by atoms with E-state index in [1.807, 2.05) is 42.6 Å². The van der Waals surface area contributed by atoms with Crippen LogP contribution >= 0.6 is 0 Å². The summed E-state index contributed by atoms with van der Waals surface area (Å²) in [4.78, 5) is 36.5. The number of nitrogens with zero attached hydrogens (tertiary/aromatic N) is 2. The number of nitrogen functional groups attached to an aromatic ring is 1. The van der Waals surface area contributed by atoms with Gasteiger partial charge in [-0.3, -0.25) is 14.5 Å². The fourth-order valence-corrected chi connectivity index (χ4v) is 5.81. The summed E-state index contributed by atoms with van der Waals surface area (Å²) < 4.78 is 0. The van der Waals surface area contributed by atoms with Crippen molar-refractivity contribution in [2.75, 3.05) is 12.3 Å². The number of hydrogen-bond acceptors (Lipinski definition) is 5. The molecule has 4 N–H and O–H groups in total. The number of rotatable bonds is 9. The van der Waals surface area contributed by atoms with Gasteiger partial charge >= 0.3 is 0 Å². The lowest BCUT2D eigenvalue weighted by molar-refractivity contribution is -0.129. The highest BCUT2D eigenvalue weighted by atomic mass is 16.2. The number of anilines is 1. The van der Waals surface area contributed by atoms with E-state index in [1.165, 1.54) is 6.42 Å². The number of nitrogens with one attached hydrogen (secondary N) is 2. The molecular formula is C32H41N5O2. The monoisotopic (exact) mass is 527 g/mol. The summed E-state index contributed by atoms with van der Waals surface area (Å²) in [6.45, 7) is 4.69. The SMILES string of the molecule is C.C[C@@H]1CCC[C@H](C)N1CC(=O)N[C@@H](Cc1c[nH]c2ccccc12)C(=O)CCc1ccc2c(N)nccc2c1. The number of aromatic nitrogens is 2. The third kappa shape index (κ3) is 6.48. The van der Waals surface area contributed by atoms with Crippen molar-refractivity contribution in [1.29, 1.82) is 0 Å². The Labute approximate surface area is 231 Å². The van der Waals surface area contributed by atoms with E-state index >= 15 is 0 Å². The van der Waals surface area contributed by atoms with E-state index in [1.54, 1.807) is 6.20 Å². The minimum atomic E-state index is -0.586. The maximum atomic E-state index is 13.6. The van der Waals surface area contributed by atoms with E-state index in [0.29, 0.717) is 43.7 Å². The molecule has 0 radical (unpaired) electrons. The molecule has 0 bridgehead atoms. The van der Waals surface area contributed by atoms with Crippen LogP contribution in [0.2, 0.25) is 0 Å². The van der Waals surface area contributed by atoms with Crippen LogP contribution in [0, 0.1) is 0 Å². The van der Waals surface area contributed by atoms with Gasteiger partial charge in [-0.05, 0) is 61.8 Å². The van der Waals surface area contributed by atoms with Gasteiger partial charge in [0, 0.05) is 53.6 Å². The number of nitrogens with two attached hydrogens (primary N) is 1. The zero-order valence-electron chi connectivity index (χ0n) is 22.2. The van der Waals surface area contributed by atoms with E-state index in [-0.39, 0.29) is 19.1 Å². The van der Waals surface area contributed by atoms with E-state index in [2.05, 4.69) is 46.2 Å². The maximum absolute atomic E-state index is 13.6. The van der Waals surface area contributed by atoms with E-state index < -0.39 is 6.04 Å². The molecule has 3 heterocycles. The van der Waals surface area contributed by atoms with Gasteiger partial charge in [0.25, 0.3) is 0 Å². The summed E-state index contributed by atoms with van der Waals surface area (Å²) in [6.07, 6.45) is 8.44. The van der Waals surface area contributed by atoms with Crippen LogP contribution in [-0.2, 0) is 22.4 Å². The quantitative estimate of drug-likeness (QED) is 0.269. The number of carbonyl (C=O) groups is 2. The summed E-state index contributed by atoms with van der Waals surface area (Å²) in [5, 5.41) is 6.12. The zero-order valence-corrected chi connectivity index (χ0v) is 22.2. The Hall–Kier alpha value is -3.71. The summed E-state index contributed by atoms with van der Waals surface area (Å²) in [7, 11) is 0. The molecule has 1 aliphatic rings. The third-order valence-corrected chi connectivity index (χ3v) is 8.04. The molecule has 1 saturated heterocycles. The van der Waals surface area contributed by atoms with Gasteiger partial charge in [0.05, 0.1) is 12.6 Å². The van der Waals surface area contributed by atoms with Gasteiger partial charge in [-0.1, -0.05) is 50.2 Å². The molecule has 1 amide bonds. The molecule has 0 aliphatic carbocycles. The van der Waals surface area contributed by atoms with Crippen LogP contribution in [0.1, 0.15) is 58.1 Å². The number of aryl methyl sites for hydroxylation is 1. The van der Waals surface area contributed by atoms with E-state index in [9.17, 15) is 9.59 Å². The number of para-hydroxylation sites is 1. The normalized spacial score (nSPS) is 18.5. The third-order valence-electron chi connectivity index (χ3n) is 8.04. The van der Waals surface area contributed by atoms with Crippen LogP contribution in [0.15, 0.2) is 60.9 Å². The van der Waals surface area contributed by atoms with E-state index in [0.717, 1.165) is 45.6 Å². The van der Waals surface area contributed by atoms with Crippen molar-refractivity contribution in [2.24, 2.45) is 0 Å². The molecule has 1 fully saturated rings. The van der Waals surface area contributed by atoms with Crippen LogP contribution in [0.3, 0.4) is 0 Å². The number of Topliss-reactive ketones (excluding diaryl/α,β-unsaturated/α-hetero) is 1. The first kappa shape index (κ1) is 28.3. The average molecular weight is 528 g/mol. The molecule has 2 aromatic carbocycles. The predicted molar refractivity (Wildman–Crippen MR) is 160 cm³/mol. The van der Waals surface area contributed by atoms with Gasteiger partial charge in [0.1, 0.15) is 5.82 Å². The number of carbonyl (C=O) groups excluding carboxylic acids is 2. The van der Waals surface area contributed by atoms with Gasteiger partial charge in [-0.25, -0.2) is 4.98 Å². The van der Waals surface area contributed by atoms with E-state index in [4.69, 9.17) is 5.73 Å². The fraction of sp³-hybridized carbons (Fsp3) is 0.406. The lowest BCUT2D eigenvalue weighted by Crippen LogP contribution is -2.51. The summed E-state index contributed by atoms with van der Waals surface area (Å²) in [5.41, 5.74) is 9.11. The fourth-order valence-electron chi connectivity index (χ4n) is 5.81. The van der Waals surface area contributed by atoms with Crippen LogP contribution < -0.4 is 11.1 Å². The Kier molecular flexibility index (Phi) is 9.02. The molecule has 7 heteroatoms. The Morgan fingerprint density at radius 3 is 2.67 bits per heavy atom. The molecule has 39 heavy (non-hydrogen) atoms. The Morgan fingerprint density at radius 2 is 1.87 bits per heavy atom. The lowest BCUT2D eigenvalue weighted by atomic mass is 9.96. The van der Waals surface area contributed by atoms with Crippen molar-refractivity contribution in [3.8, 4) is 0 Å². The van der Waals surface area contributed by atoms with Crippen LogP contribution in [0.25, 0.3) is 21.7 Å². The molecule has 3 atom stereocenters. The molecule has 0 unspecified atom stereocenters. The smallest absolute Gasteiger partial charge is 0.234 e. The molecule has 7 nitrogen and oxygen atoms in total. The topological polar surface area (TPSA) is 104 Å². The lowest BCUT2D eigenvalue weighted by Gasteiger charge is -2.38. The molecule has 0 saturated carbocycles. The van der Waals surface area contributed by atoms with Gasteiger partial charge < -0.3 is 16.0 Å². The Balaban J connectivity index is 0.00000353. The largest absolute Gasteiger partial charge is 0.383 e. The molecular weight excluding hydrogens is 486 g/mol. The molecule has 2 aromatic heterocycles. The van der Waals surface area contributed by atoms with Crippen molar-refractivity contribution in [3.63, 3.8) is 0 Å². The predicted octanol–water partition coefficient (Wildman–Crippen LogP) is 5.43. The molecule has 5 rings (SSSR count). The Bertz CT molecular complexity index is 1440. The number of fused-ring (bicyclic) bond motifs is 2. The molecule has 0 spiro atoms. The molecule has 1 aliphatic heterocycles. The zero-order chi connectivity index (χ0) is 26.6. The number of benzene rings is 2. The van der Waals surface area contributed by atoms with Crippen molar-refractivity contribution >= 4 is 39.2 Å². The number of piperidine rings is 1.